The van der Waals surface area contributed by atoms with Crippen LogP contribution in [0.25, 0.3) is 0 Å². The SMILES string of the molecule is CCNC(=NCc1ccccn1)NCC1(c2cccc(F)c2)CC1.I. The second-order valence-electron chi connectivity index (χ2n) is 6.16. The highest BCUT2D eigenvalue weighted by Crippen LogP contribution is 2.47. The third-order valence-corrected chi connectivity index (χ3v) is 4.35. The summed E-state index contributed by atoms with van der Waals surface area (Å²) >= 11 is 0. The van der Waals surface area contributed by atoms with Crippen LogP contribution in [0.2, 0.25) is 0 Å². The first-order valence-electron chi connectivity index (χ1n) is 8.40. The smallest absolute Gasteiger partial charge is 0.191 e. The van der Waals surface area contributed by atoms with Crippen molar-refractivity contribution in [3.8, 4) is 0 Å². The van der Waals surface area contributed by atoms with Gasteiger partial charge in [-0.25, -0.2) is 9.38 Å². The van der Waals surface area contributed by atoms with Crippen molar-refractivity contribution in [1.29, 1.82) is 0 Å². The molecule has 0 spiro atoms. The Morgan fingerprint density at radius 3 is 2.68 bits per heavy atom. The molecule has 1 fully saturated rings. The van der Waals surface area contributed by atoms with Gasteiger partial charge in [-0.3, -0.25) is 4.98 Å². The highest BCUT2D eigenvalue weighted by Gasteiger charge is 2.44. The Morgan fingerprint density at radius 1 is 1.20 bits per heavy atom. The number of hydrogen-bond acceptors (Lipinski definition) is 2. The van der Waals surface area contributed by atoms with Crippen molar-refractivity contribution in [1.82, 2.24) is 15.6 Å². The number of pyridine rings is 1. The van der Waals surface area contributed by atoms with E-state index in [9.17, 15) is 4.39 Å². The molecule has 1 aliphatic carbocycles. The van der Waals surface area contributed by atoms with Gasteiger partial charge < -0.3 is 10.6 Å². The van der Waals surface area contributed by atoms with Crippen LogP contribution in [0.4, 0.5) is 4.39 Å². The lowest BCUT2D eigenvalue weighted by molar-refractivity contribution is 0.607. The Bertz CT molecular complexity index is 702. The predicted molar refractivity (Wildman–Crippen MR) is 110 cm³/mol. The summed E-state index contributed by atoms with van der Waals surface area (Å²) in [6.07, 6.45) is 3.92. The van der Waals surface area contributed by atoms with E-state index < -0.39 is 0 Å². The molecule has 0 radical (unpaired) electrons. The lowest BCUT2D eigenvalue weighted by atomic mass is 9.96. The molecule has 0 unspecified atom stereocenters. The maximum absolute atomic E-state index is 13.5. The zero-order valence-corrected chi connectivity index (χ0v) is 16.7. The number of hydrogen-bond donors (Lipinski definition) is 2. The van der Waals surface area contributed by atoms with Crippen molar-refractivity contribution < 1.29 is 4.39 Å². The molecular formula is C19H24FIN4. The second-order valence-corrected chi connectivity index (χ2v) is 6.16. The largest absolute Gasteiger partial charge is 0.357 e. The van der Waals surface area contributed by atoms with Gasteiger partial charge in [-0.1, -0.05) is 18.2 Å². The van der Waals surface area contributed by atoms with Crippen molar-refractivity contribution in [3.05, 3.63) is 65.7 Å². The van der Waals surface area contributed by atoms with Gasteiger partial charge in [0.2, 0.25) is 0 Å². The average Bonchev–Trinajstić information content (AvgIpc) is 3.40. The molecule has 2 aromatic rings. The van der Waals surface area contributed by atoms with E-state index in [1.807, 2.05) is 31.2 Å². The number of guanidine groups is 1. The number of aromatic nitrogens is 1. The molecule has 1 aliphatic rings. The molecular weight excluding hydrogens is 430 g/mol. The molecule has 0 bridgehead atoms. The zero-order valence-electron chi connectivity index (χ0n) is 14.3. The molecule has 3 rings (SSSR count). The van der Waals surface area contributed by atoms with E-state index in [2.05, 4.69) is 20.6 Å². The van der Waals surface area contributed by atoms with E-state index >= 15 is 0 Å². The minimum Gasteiger partial charge on any atom is -0.357 e. The number of nitrogens with one attached hydrogen (secondary N) is 2. The standard InChI is InChI=1S/C19H23FN4.HI/c1-2-21-18(23-13-17-8-3-4-11-22-17)24-14-19(9-10-19)15-6-5-7-16(20)12-15;/h3-8,11-12H,2,9-10,13-14H2,1H3,(H2,21,23,24);1H. The summed E-state index contributed by atoms with van der Waals surface area (Å²) in [5.41, 5.74) is 2.03. The predicted octanol–water partition coefficient (Wildman–Crippen LogP) is 3.63. The highest BCUT2D eigenvalue weighted by atomic mass is 127. The molecule has 1 aromatic heterocycles. The van der Waals surface area contributed by atoms with E-state index in [-0.39, 0.29) is 35.2 Å². The summed E-state index contributed by atoms with van der Waals surface area (Å²) in [6, 6.07) is 12.7. The molecule has 1 saturated carbocycles. The van der Waals surface area contributed by atoms with Gasteiger partial charge in [-0.15, -0.1) is 24.0 Å². The van der Waals surface area contributed by atoms with Crippen molar-refractivity contribution in [2.75, 3.05) is 13.1 Å². The fraction of sp³-hybridized carbons (Fsp3) is 0.368. The van der Waals surface area contributed by atoms with Crippen molar-refractivity contribution in [3.63, 3.8) is 0 Å². The maximum atomic E-state index is 13.5. The van der Waals surface area contributed by atoms with Crippen molar-refractivity contribution in [2.45, 2.75) is 31.7 Å². The van der Waals surface area contributed by atoms with Crippen LogP contribution in [-0.2, 0) is 12.0 Å². The van der Waals surface area contributed by atoms with Crippen LogP contribution < -0.4 is 10.6 Å². The molecule has 0 saturated heterocycles. The topological polar surface area (TPSA) is 49.3 Å². The van der Waals surface area contributed by atoms with Crippen LogP contribution in [0.1, 0.15) is 31.0 Å². The van der Waals surface area contributed by atoms with Crippen LogP contribution in [0.3, 0.4) is 0 Å². The van der Waals surface area contributed by atoms with E-state index in [0.29, 0.717) is 6.54 Å². The number of nitrogens with zero attached hydrogens (tertiary/aromatic N) is 2. The summed E-state index contributed by atoms with van der Waals surface area (Å²) in [5, 5.41) is 6.65. The summed E-state index contributed by atoms with van der Waals surface area (Å²) in [6.45, 7) is 4.12. The fourth-order valence-corrected chi connectivity index (χ4v) is 2.78. The number of aliphatic imine (C=N–C) groups is 1. The minimum absolute atomic E-state index is 0. The third kappa shape index (κ3) is 5.39. The Labute approximate surface area is 165 Å². The maximum Gasteiger partial charge on any atom is 0.191 e. The first-order valence-corrected chi connectivity index (χ1v) is 8.40. The lowest BCUT2D eigenvalue weighted by Gasteiger charge is -2.19. The summed E-state index contributed by atoms with van der Waals surface area (Å²) in [7, 11) is 0. The Morgan fingerprint density at radius 2 is 2.04 bits per heavy atom. The molecule has 1 heterocycles. The molecule has 1 aromatic carbocycles. The molecule has 0 amide bonds. The highest BCUT2D eigenvalue weighted by molar-refractivity contribution is 14.0. The van der Waals surface area contributed by atoms with E-state index in [1.54, 1.807) is 18.3 Å². The van der Waals surface area contributed by atoms with Gasteiger partial charge in [0.25, 0.3) is 0 Å². The van der Waals surface area contributed by atoms with Gasteiger partial charge in [0.15, 0.2) is 5.96 Å². The third-order valence-electron chi connectivity index (χ3n) is 4.35. The van der Waals surface area contributed by atoms with Crippen LogP contribution in [0.15, 0.2) is 53.7 Å². The Balaban J connectivity index is 0.00000225. The van der Waals surface area contributed by atoms with E-state index in [1.165, 1.54) is 6.07 Å². The molecule has 0 aliphatic heterocycles. The van der Waals surface area contributed by atoms with Crippen LogP contribution in [0, 0.1) is 5.82 Å². The zero-order chi connectivity index (χ0) is 16.8. The first-order chi connectivity index (χ1) is 11.7. The second kappa shape index (κ2) is 9.12. The Hall–Kier alpha value is -1.70. The van der Waals surface area contributed by atoms with Gasteiger partial charge in [0, 0.05) is 24.7 Å². The normalized spacial score (nSPS) is 15.2. The molecule has 0 atom stereocenters. The van der Waals surface area contributed by atoms with E-state index in [4.69, 9.17) is 0 Å². The van der Waals surface area contributed by atoms with Gasteiger partial charge in [0.1, 0.15) is 5.82 Å². The fourth-order valence-electron chi connectivity index (χ4n) is 2.78. The summed E-state index contributed by atoms with van der Waals surface area (Å²) < 4.78 is 13.5. The first kappa shape index (κ1) is 19.6. The minimum atomic E-state index is -0.172. The quantitative estimate of drug-likeness (QED) is 0.398. The molecule has 134 valence electrons. The number of rotatable bonds is 6. The number of benzene rings is 1. The average molecular weight is 454 g/mol. The molecule has 4 nitrogen and oxygen atoms in total. The van der Waals surface area contributed by atoms with Crippen LogP contribution >= 0.6 is 24.0 Å². The molecule has 6 heteroatoms. The lowest BCUT2D eigenvalue weighted by Crippen LogP contribution is -2.41. The monoisotopic (exact) mass is 454 g/mol. The van der Waals surface area contributed by atoms with E-state index in [0.717, 1.165) is 43.1 Å². The van der Waals surface area contributed by atoms with Gasteiger partial charge in [-0.2, -0.15) is 0 Å². The van der Waals surface area contributed by atoms with Gasteiger partial charge >= 0.3 is 0 Å². The van der Waals surface area contributed by atoms with Crippen LogP contribution in [0.5, 0.6) is 0 Å². The molecule has 2 N–H and O–H groups in total. The number of halogens is 2. The molecule has 25 heavy (non-hydrogen) atoms. The summed E-state index contributed by atoms with van der Waals surface area (Å²) in [4.78, 5) is 8.87. The van der Waals surface area contributed by atoms with Gasteiger partial charge in [-0.05, 0) is 49.6 Å². The van der Waals surface area contributed by atoms with Crippen LogP contribution in [-0.4, -0.2) is 24.0 Å². The van der Waals surface area contributed by atoms with Gasteiger partial charge in [0.05, 0.1) is 12.2 Å². The van der Waals surface area contributed by atoms with Crippen molar-refractivity contribution in [2.24, 2.45) is 4.99 Å². The Kier molecular flexibility index (Phi) is 7.16. The summed E-state index contributed by atoms with van der Waals surface area (Å²) in [5.74, 6) is 0.598. The van der Waals surface area contributed by atoms with Crippen molar-refractivity contribution >= 4 is 29.9 Å².